The van der Waals surface area contributed by atoms with Gasteiger partial charge in [-0.05, 0) is 37.9 Å². The third-order valence-electron chi connectivity index (χ3n) is 10.2. The first-order valence-corrected chi connectivity index (χ1v) is 8.75. The summed E-state index contributed by atoms with van der Waals surface area (Å²) in [7, 11) is 0. The first-order chi connectivity index (χ1) is 8.75. The van der Waals surface area contributed by atoms with Crippen LogP contribution in [-0.2, 0) is 0 Å². The third-order valence-corrected chi connectivity index (χ3v) is 10.2. The Morgan fingerprint density at radius 2 is 0.762 bits per heavy atom. The van der Waals surface area contributed by atoms with Crippen molar-refractivity contribution in [2.24, 2.45) is 37.9 Å². The van der Waals surface area contributed by atoms with Gasteiger partial charge >= 0.3 is 0 Å². The molecule has 0 amide bonds. The van der Waals surface area contributed by atoms with Crippen molar-refractivity contribution in [1.82, 2.24) is 0 Å². The maximum Gasteiger partial charge on any atom is -0.0156 e. The molecule has 0 bridgehead atoms. The van der Waals surface area contributed by atoms with E-state index in [2.05, 4.69) is 96.9 Å². The molecule has 0 heteroatoms. The lowest BCUT2D eigenvalue weighted by Crippen LogP contribution is -2.54. The van der Waals surface area contributed by atoms with E-state index in [0.717, 1.165) is 0 Å². The molecule has 0 N–H and O–H groups in total. The molecule has 0 aromatic heterocycles. The lowest BCUT2D eigenvalue weighted by molar-refractivity contribution is -0.127. The molecule has 0 aromatic rings. The van der Waals surface area contributed by atoms with E-state index in [1.54, 1.807) is 0 Å². The van der Waals surface area contributed by atoms with E-state index in [0.29, 0.717) is 16.2 Å². The summed E-state index contributed by atoms with van der Waals surface area (Å²) in [5, 5.41) is 0. The molecule has 0 radical (unpaired) electrons. The Hall–Kier alpha value is 0. The fraction of sp³-hybridized carbons (Fsp3) is 1.00. The summed E-state index contributed by atoms with van der Waals surface area (Å²) in [5.74, 6) is 0. The Kier molecular flexibility index (Phi) is 3.71. The van der Waals surface area contributed by atoms with E-state index in [1.165, 1.54) is 0 Å². The van der Waals surface area contributed by atoms with Gasteiger partial charge in [-0.3, -0.25) is 0 Å². The van der Waals surface area contributed by atoms with Crippen LogP contribution in [0.15, 0.2) is 0 Å². The van der Waals surface area contributed by atoms with Crippen molar-refractivity contribution in [2.45, 2.75) is 96.9 Å². The minimum atomic E-state index is 0.234. The standard InChI is InChI=1S/C21H42/c1-15(2,3)16(4,5)17(6,7)18(8,9)21(14)19(10,11)20(21,12)13/h1-14H3. The number of hydrogen-bond acceptors (Lipinski definition) is 0. The molecular formula is C21H42. The molecule has 1 aliphatic carbocycles. The smallest absolute Gasteiger partial charge is 0.0156 e. The van der Waals surface area contributed by atoms with Crippen LogP contribution in [0.4, 0.5) is 0 Å². The zero-order valence-corrected chi connectivity index (χ0v) is 17.5. The Bertz CT molecular complexity index is 407. The Balaban J connectivity index is 3.46. The Morgan fingerprint density at radius 1 is 0.476 bits per heavy atom. The van der Waals surface area contributed by atoms with Crippen molar-refractivity contribution >= 4 is 0 Å². The summed E-state index contributed by atoms with van der Waals surface area (Å²) >= 11 is 0. The first-order valence-electron chi connectivity index (χ1n) is 8.75. The topological polar surface area (TPSA) is 0 Å². The van der Waals surface area contributed by atoms with Crippen LogP contribution in [0.25, 0.3) is 0 Å². The molecule has 0 unspecified atom stereocenters. The number of hydrogen-bond donors (Lipinski definition) is 0. The van der Waals surface area contributed by atoms with Crippen molar-refractivity contribution in [2.75, 3.05) is 0 Å². The third kappa shape index (κ3) is 1.74. The maximum absolute atomic E-state index is 2.54. The highest BCUT2D eigenvalue weighted by Crippen LogP contribution is 2.86. The van der Waals surface area contributed by atoms with Crippen LogP contribution in [0.3, 0.4) is 0 Å². The predicted molar refractivity (Wildman–Crippen MR) is 96.5 cm³/mol. The monoisotopic (exact) mass is 294 g/mol. The van der Waals surface area contributed by atoms with Crippen LogP contribution < -0.4 is 0 Å². The molecule has 0 aromatic carbocycles. The van der Waals surface area contributed by atoms with Crippen molar-refractivity contribution in [3.05, 3.63) is 0 Å². The van der Waals surface area contributed by atoms with Gasteiger partial charge in [-0.25, -0.2) is 0 Å². The normalized spacial score (nSPS) is 24.9. The average molecular weight is 295 g/mol. The summed E-state index contributed by atoms with van der Waals surface area (Å²) in [6.45, 7) is 34.6. The molecule has 1 rings (SSSR count). The summed E-state index contributed by atoms with van der Waals surface area (Å²) in [6.07, 6.45) is 0. The van der Waals surface area contributed by atoms with E-state index in [4.69, 9.17) is 0 Å². The predicted octanol–water partition coefficient (Wildman–Crippen LogP) is 7.18. The zero-order chi connectivity index (χ0) is 17.5. The molecule has 0 heterocycles. The van der Waals surface area contributed by atoms with E-state index in [1.807, 2.05) is 0 Å². The van der Waals surface area contributed by atoms with E-state index in [-0.39, 0.29) is 21.7 Å². The van der Waals surface area contributed by atoms with Crippen molar-refractivity contribution in [3.8, 4) is 0 Å². The highest BCUT2D eigenvalue weighted by molar-refractivity contribution is 5.28. The largest absolute Gasteiger partial charge is 0.0596 e. The van der Waals surface area contributed by atoms with Crippen molar-refractivity contribution < 1.29 is 0 Å². The summed E-state index contributed by atoms with van der Waals surface area (Å²) in [5.41, 5.74) is 2.14. The molecule has 126 valence electrons. The van der Waals surface area contributed by atoms with Crippen LogP contribution in [0.1, 0.15) is 96.9 Å². The van der Waals surface area contributed by atoms with E-state index < -0.39 is 0 Å². The molecule has 1 fully saturated rings. The Morgan fingerprint density at radius 3 is 0.952 bits per heavy atom. The minimum Gasteiger partial charge on any atom is -0.0596 e. The van der Waals surface area contributed by atoms with Gasteiger partial charge in [0.25, 0.3) is 0 Å². The zero-order valence-electron chi connectivity index (χ0n) is 17.5. The van der Waals surface area contributed by atoms with Crippen LogP contribution >= 0.6 is 0 Å². The molecular weight excluding hydrogens is 252 g/mol. The van der Waals surface area contributed by atoms with Gasteiger partial charge < -0.3 is 0 Å². The van der Waals surface area contributed by atoms with Gasteiger partial charge in [0, 0.05) is 0 Å². The fourth-order valence-corrected chi connectivity index (χ4v) is 5.50. The van der Waals surface area contributed by atoms with Gasteiger partial charge in [-0.1, -0.05) is 96.9 Å². The molecule has 21 heavy (non-hydrogen) atoms. The molecule has 0 nitrogen and oxygen atoms in total. The summed E-state index contributed by atoms with van der Waals surface area (Å²) in [4.78, 5) is 0. The molecule has 1 saturated carbocycles. The molecule has 0 spiro atoms. The lowest BCUT2D eigenvalue weighted by atomic mass is 9.43. The average Bonchev–Trinajstić information content (AvgIpc) is 2.55. The summed E-state index contributed by atoms with van der Waals surface area (Å²) in [6, 6.07) is 0. The van der Waals surface area contributed by atoms with Gasteiger partial charge in [0.05, 0.1) is 0 Å². The van der Waals surface area contributed by atoms with Crippen LogP contribution in [0.5, 0.6) is 0 Å². The number of rotatable bonds is 3. The van der Waals surface area contributed by atoms with Crippen molar-refractivity contribution in [1.29, 1.82) is 0 Å². The van der Waals surface area contributed by atoms with Crippen LogP contribution in [-0.4, -0.2) is 0 Å². The molecule has 0 aliphatic heterocycles. The highest BCUT2D eigenvalue weighted by Gasteiger charge is 2.81. The van der Waals surface area contributed by atoms with E-state index in [9.17, 15) is 0 Å². The minimum absolute atomic E-state index is 0.234. The lowest BCUT2D eigenvalue weighted by Gasteiger charge is -2.61. The van der Waals surface area contributed by atoms with Gasteiger partial charge in [0.1, 0.15) is 0 Å². The maximum atomic E-state index is 2.54. The molecule has 0 atom stereocenters. The van der Waals surface area contributed by atoms with Crippen LogP contribution in [0, 0.1) is 37.9 Å². The fourth-order valence-electron chi connectivity index (χ4n) is 5.50. The van der Waals surface area contributed by atoms with Crippen LogP contribution in [0.2, 0.25) is 0 Å². The summed E-state index contributed by atoms with van der Waals surface area (Å²) < 4.78 is 0. The van der Waals surface area contributed by atoms with Gasteiger partial charge in [-0.15, -0.1) is 0 Å². The first kappa shape index (κ1) is 19.0. The van der Waals surface area contributed by atoms with E-state index >= 15 is 0 Å². The highest BCUT2D eigenvalue weighted by atomic mass is 14.8. The molecule has 0 saturated heterocycles. The van der Waals surface area contributed by atoms with Crippen molar-refractivity contribution in [3.63, 3.8) is 0 Å². The van der Waals surface area contributed by atoms with Gasteiger partial charge in [0.2, 0.25) is 0 Å². The van der Waals surface area contributed by atoms with Gasteiger partial charge in [-0.2, -0.15) is 0 Å². The quantitative estimate of drug-likeness (QED) is 0.517. The second kappa shape index (κ2) is 4.09. The molecule has 1 aliphatic rings. The second-order valence-electron chi connectivity index (χ2n) is 11.5. The van der Waals surface area contributed by atoms with Gasteiger partial charge in [0.15, 0.2) is 0 Å². The second-order valence-corrected chi connectivity index (χ2v) is 11.5. The Labute approximate surface area is 135 Å². The SMILES string of the molecule is CC(C)(C)C(C)(C)C(C)(C)C(C)(C)C1(C)C(C)(C)C1(C)C.